The van der Waals surface area contributed by atoms with Crippen LogP contribution < -0.4 is 0 Å². The zero-order chi connectivity index (χ0) is 14.3. The van der Waals surface area contributed by atoms with Gasteiger partial charge < -0.3 is 52.7 Å². The van der Waals surface area contributed by atoms with Crippen LogP contribution in [-0.2, 0) is 0 Å². The Morgan fingerprint density at radius 2 is 0.294 bits per heavy atom. The fourth-order valence-electron chi connectivity index (χ4n) is 0. The summed E-state index contributed by atoms with van der Waals surface area (Å²) in [4.78, 5) is 0. The van der Waals surface area contributed by atoms with Crippen LogP contribution in [0.15, 0.2) is 0 Å². The Hall–Kier alpha value is 0.212. The van der Waals surface area contributed by atoms with Gasteiger partial charge in [-0.15, -0.1) is 0 Å². The number of hydrogen-bond acceptors (Lipinski definition) is 0. The molecule has 0 fully saturated rings. The molecule has 0 saturated heterocycles. The molecule has 0 radical (unpaired) electrons. The van der Waals surface area contributed by atoms with Crippen molar-refractivity contribution in [2.75, 3.05) is 0 Å². The van der Waals surface area contributed by atoms with Crippen LogP contribution in [0.3, 0.4) is 0 Å². The second kappa shape index (κ2) is 25.2. The van der Waals surface area contributed by atoms with Crippen molar-refractivity contribution in [3.8, 4) is 0 Å². The van der Waals surface area contributed by atoms with Gasteiger partial charge in [0.15, 0.2) is 26.7 Å². The van der Waals surface area contributed by atoms with Gasteiger partial charge in [0.1, 0.15) is 0 Å². The molecule has 0 aromatic heterocycles. The molecular weight excluding hydrogens is 514 g/mol. The van der Waals surface area contributed by atoms with E-state index in [2.05, 4.69) is 0 Å². The normalized spacial score (nSPS) is 8.47. The quantitative estimate of drug-likeness (QED) is 0.302. The van der Waals surface area contributed by atoms with Crippen molar-refractivity contribution in [3.05, 3.63) is 26.7 Å². The maximum atomic E-state index is 9.58. The van der Waals surface area contributed by atoms with E-state index in [0.717, 1.165) is 0 Å². The van der Waals surface area contributed by atoms with Crippen LogP contribution in [0.1, 0.15) is 0 Å². The molecule has 104 valence electrons. The molecule has 0 nitrogen and oxygen atoms in total. The monoisotopic (exact) mass is 514 g/mol. The molecule has 17 heavy (non-hydrogen) atoms. The second-order valence-electron chi connectivity index (χ2n) is 0.857. The summed E-state index contributed by atoms with van der Waals surface area (Å²) in [6.07, 6.45) is 0. The minimum Gasteiger partial charge on any atom is -0.385 e. The average molecular weight is 514 g/mol. The van der Waals surface area contributed by atoms with Crippen LogP contribution >= 0.6 is 0 Å². The van der Waals surface area contributed by atoms with Gasteiger partial charge in [-0.25, -0.2) is 0 Å². The van der Waals surface area contributed by atoms with E-state index in [1.807, 2.05) is 0 Å². The second-order valence-corrected chi connectivity index (χ2v) is 0.857. The van der Waals surface area contributed by atoms with Crippen molar-refractivity contribution in [1.29, 1.82) is 0 Å². The van der Waals surface area contributed by atoms with Gasteiger partial charge >= 0.3 is 31.1 Å². The van der Waals surface area contributed by atoms with Crippen LogP contribution in [0, 0.1) is 57.8 Å². The molecule has 0 heterocycles. The third-order valence-electron chi connectivity index (χ3n) is 0. The molecule has 0 aliphatic carbocycles. The smallest absolute Gasteiger partial charge is 0.385 e. The Balaban J connectivity index is -0.0000000369. The van der Waals surface area contributed by atoms with Crippen molar-refractivity contribution in [2.24, 2.45) is 0 Å². The zero-order valence-electron chi connectivity index (χ0n) is 7.04. The third-order valence-corrected chi connectivity index (χ3v) is 0. The molecule has 0 aromatic rings. The number of rotatable bonds is 0. The molecule has 0 amide bonds. The van der Waals surface area contributed by atoms with Crippen molar-refractivity contribution in [1.82, 2.24) is 0 Å². The minimum atomic E-state index is -3.08. The van der Waals surface area contributed by atoms with Crippen molar-refractivity contribution < 1.29 is 83.8 Å². The van der Waals surface area contributed by atoms with E-state index in [9.17, 15) is 52.7 Å². The largest absolute Gasteiger partial charge is 4.00 e. The summed E-state index contributed by atoms with van der Waals surface area (Å²) in [5.41, 5.74) is 0. The first-order valence-corrected chi connectivity index (χ1v) is 2.27. The molecule has 0 atom stereocenters. The fourth-order valence-corrected chi connectivity index (χ4v) is 0. The topological polar surface area (TPSA) is 0 Å². The van der Waals surface area contributed by atoms with Crippen molar-refractivity contribution >= 4 is 0 Å². The molecule has 0 rings (SSSR count). The molecular formula is C4F12U. The van der Waals surface area contributed by atoms with E-state index in [1.54, 1.807) is 0 Å². The third kappa shape index (κ3) is 72900. The summed E-state index contributed by atoms with van der Waals surface area (Å²) in [5, 5.41) is 0. The summed E-state index contributed by atoms with van der Waals surface area (Å²) in [6.45, 7) is -12.3. The predicted molar refractivity (Wildman–Crippen MR) is 26.3 cm³/mol. The first-order chi connectivity index (χ1) is 6.93. The van der Waals surface area contributed by atoms with Gasteiger partial charge in [0, 0.05) is 0 Å². The van der Waals surface area contributed by atoms with Gasteiger partial charge in [0.05, 0.1) is 0 Å². The van der Waals surface area contributed by atoms with E-state index in [4.69, 9.17) is 0 Å². The molecule has 0 aliphatic heterocycles. The van der Waals surface area contributed by atoms with E-state index in [0.29, 0.717) is 0 Å². The van der Waals surface area contributed by atoms with Crippen molar-refractivity contribution in [3.63, 3.8) is 0 Å². The molecule has 0 aliphatic rings. The summed E-state index contributed by atoms with van der Waals surface area (Å²) in [5.74, 6) is 0. The Morgan fingerprint density at radius 3 is 0.294 bits per heavy atom. The maximum Gasteiger partial charge on any atom is 4.00 e. The first-order valence-electron chi connectivity index (χ1n) is 2.27. The SMILES string of the molecule is F[C-](F)F.F[C-](F)F.F[C-](F)F.F[C-](F)F.[U+4]. The van der Waals surface area contributed by atoms with Crippen LogP contribution in [0.25, 0.3) is 0 Å². The summed E-state index contributed by atoms with van der Waals surface area (Å²) in [6, 6.07) is 0. The predicted octanol–water partition coefficient (Wildman–Crippen LogP) is 5.37. The summed E-state index contributed by atoms with van der Waals surface area (Å²) >= 11 is 0. The van der Waals surface area contributed by atoms with E-state index >= 15 is 0 Å². The van der Waals surface area contributed by atoms with Gasteiger partial charge in [0.25, 0.3) is 0 Å². The van der Waals surface area contributed by atoms with E-state index in [1.165, 1.54) is 0 Å². The molecule has 0 bridgehead atoms. The molecule has 0 N–H and O–H groups in total. The van der Waals surface area contributed by atoms with Crippen LogP contribution in [0.5, 0.6) is 0 Å². The summed E-state index contributed by atoms with van der Waals surface area (Å²) < 4.78 is 115. The molecule has 0 unspecified atom stereocenters. The molecule has 0 aromatic carbocycles. The summed E-state index contributed by atoms with van der Waals surface area (Å²) in [7, 11) is 0. The zero-order valence-corrected chi connectivity index (χ0v) is 11.2. The van der Waals surface area contributed by atoms with Gasteiger partial charge in [-0.2, -0.15) is 0 Å². The van der Waals surface area contributed by atoms with Crippen molar-refractivity contribution in [2.45, 2.75) is 0 Å². The van der Waals surface area contributed by atoms with Gasteiger partial charge in [0.2, 0.25) is 0 Å². The van der Waals surface area contributed by atoms with Gasteiger partial charge in [-0.3, -0.25) is 0 Å². The first kappa shape index (κ1) is 30.3. The van der Waals surface area contributed by atoms with Crippen LogP contribution in [-0.4, -0.2) is 0 Å². The van der Waals surface area contributed by atoms with Crippen LogP contribution in [0.2, 0.25) is 0 Å². The number of hydrogen-bond donors (Lipinski definition) is 0. The Bertz CT molecular complexity index is 61.5. The standard InChI is InChI=1S/4CF3.U/c4*2-1(3)4;/q4*-1;+4. The minimum absolute atomic E-state index is 0. The number of halogens is 12. The average Bonchev–Trinajstić information content (AvgIpc) is 1.76. The van der Waals surface area contributed by atoms with E-state index < -0.39 is 26.7 Å². The molecule has 0 spiro atoms. The van der Waals surface area contributed by atoms with Gasteiger partial charge in [-0.1, -0.05) is 0 Å². The Morgan fingerprint density at radius 1 is 0.294 bits per heavy atom. The van der Waals surface area contributed by atoms with Gasteiger partial charge in [-0.05, 0) is 0 Å². The molecule has 13 heteroatoms. The van der Waals surface area contributed by atoms with E-state index in [-0.39, 0.29) is 31.1 Å². The van der Waals surface area contributed by atoms with Crippen LogP contribution in [0.4, 0.5) is 52.7 Å². The molecule has 0 saturated carbocycles. The maximum absolute atomic E-state index is 9.58. The Labute approximate surface area is 111 Å². The fraction of sp³-hybridized carbons (Fsp3) is 0. The Kier molecular flexibility index (Phi) is 44.9.